The van der Waals surface area contributed by atoms with Crippen molar-refractivity contribution < 1.29 is 14.3 Å². The molecule has 1 aliphatic rings. The summed E-state index contributed by atoms with van der Waals surface area (Å²) in [6, 6.07) is 9.98. The molecule has 1 fully saturated rings. The van der Waals surface area contributed by atoms with Gasteiger partial charge in [0.05, 0.1) is 18.2 Å². The van der Waals surface area contributed by atoms with Crippen molar-refractivity contribution >= 4 is 23.2 Å². The second kappa shape index (κ2) is 6.89. The summed E-state index contributed by atoms with van der Waals surface area (Å²) in [5, 5.41) is 2.65. The van der Waals surface area contributed by atoms with Crippen LogP contribution in [0.3, 0.4) is 0 Å². The molecule has 120 valence electrons. The van der Waals surface area contributed by atoms with Crippen LogP contribution < -0.4 is 5.73 Å². The Morgan fingerprint density at radius 3 is 2.87 bits per heavy atom. The lowest BCUT2D eigenvalue weighted by molar-refractivity contribution is -0.133. The fourth-order valence-electron chi connectivity index (χ4n) is 2.43. The highest BCUT2D eigenvalue weighted by Crippen LogP contribution is 2.17. The Morgan fingerprint density at radius 2 is 2.13 bits per heavy atom. The normalized spacial score (nSPS) is 17.9. The van der Waals surface area contributed by atoms with E-state index in [2.05, 4.69) is 4.98 Å². The number of carbonyl (C=O) groups excluding carboxylic acids is 2. The third-order valence-electron chi connectivity index (χ3n) is 3.64. The van der Waals surface area contributed by atoms with Crippen molar-refractivity contribution in [3.05, 3.63) is 52.0 Å². The molecule has 6 nitrogen and oxygen atoms in total. The van der Waals surface area contributed by atoms with Gasteiger partial charge in [0.25, 0.3) is 5.91 Å². The van der Waals surface area contributed by atoms with Crippen LogP contribution in [0.4, 0.5) is 0 Å². The van der Waals surface area contributed by atoms with E-state index in [1.165, 1.54) is 11.3 Å². The number of thiazole rings is 1. The van der Waals surface area contributed by atoms with E-state index >= 15 is 0 Å². The van der Waals surface area contributed by atoms with E-state index in [4.69, 9.17) is 10.5 Å². The molecule has 2 N–H and O–H groups in total. The van der Waals surface area contributed by atoms with Crippen LogP contribution in [0, 0.1) is 0 Å². The first-order valence-electron chi connectivity index (χ1n) is 7.32. The maximum Gasteiger partial charge on any atom is 0.273 e. The zero-order valence-corrected chi connectivity index (χ0v) is 13.3. The lowest BCUT2D eigenvalue weighted by Gasteiger charge is -2.30. The van der Waals surface area contributed by atoms with Gasteiger partial charge in [-0.15, -0.1) is 11.3 Å². The van der Waals surface area contributed by atoms with E-state index in [9.17, 15) is 9.59 Å². The summed E-state index contributed by atoms with van der Waals surface area (Å²) in [6.07, 6.45) is -0.0404. The molecule has 1 aromatic carbocycles. The largest absolute Gasteiger partial charge is 0.367 e. The smallest absolute Gasteiger partial charge is 0.273 e. The topological polar surface area (TPSA) is 85.5 Å². The third kappa shape index (κ3) is 3.75. The van der Waals surface area contributed by atoms with Crippen LogP contribution in [0.15, 0.2) is 35.7 Å². The fourth-order valence-corrected chi connectivity index (χ4v) is 3.23. The molecule has 0 saturated carbocycles. The number of hydrogen-bond donors (Lipinski definition) is 1. The molecule has 0 aliphatic carbocycles. The minimum atomic E-state index is -0.741. The molecule has 1 saturated heterocycles. The number of benzene rings is 1. The molecule has 7 heteroatoms. The molecular weight excluding hydrogens is 314 g/mol. The van der Waals surface area contributed by atoms with Crippen molar-refractivity contribution in [3.63, 3.8) is 0 Å². The lowest BCUT2D eigenvalue weighted by atomic mass is 10.2. The third-order valence-corrected chi connectivity index (χ3v) is 4.49. The second-order valence-corrected chi connectivity index (χ2v) is 6.24. The number of morpholine rings is 1. The minimum Gasteiger partial charge on any atom is -0.367 e. The van der Waals surface area contributed by atoms with Crippen LogP contribution in [-0.4, -0.2) is 47.5 Å². The quantitative estimate of drug-likeness (QED) is 0.908. The second-order valence-electron chi connectivity index (χ2n) is 5.30. The molecule has 2 heterocycles. The van der Waals surface area contributed by atoms with Crippen molar-refractivity contribution in [2.45, 2.75) is 12.5 Å². The van der Waals surface area contributed by atoms with Crippen LogP contribution >= 0.6 is 11.3 Å². The minimum absolute atomic E-state index is 0.180. The van der Waals surface area contributed by atoms with Crippen LogP contribution in [0.2, 0.25) is 0 Å². The Labute approximate surface area is 137 Å². The zero-order chi connectivity index (χ0) is 16.2. The zero-order valence-electron chi connectivity index (χ0n) is 12.5. The Balaban J connectivity index is 1.67. The molecule has 1 aromatic heterocycles. The van der Waals surface area contributed by atoms with Crippen LogP contribution in [0.1, 0.15) is 21.1 Å². The summed E-state index contributed by atoms with van der Waals surface area (Å²) in [6.45, 7) is 0.925. The van der Waals surface area contributed by atoms with Gasteiger partial charge in [0.15, 0.2) is 6.10 Å². The van der Waals surface area contributed by atoms with E-state index in [-0.39, 0.29) is 12.5 Å². The Hall–Kier alpha value is -2.25. The summed E-state index contributed by atoms with van der Waals surface area (Å²) in [5.41, 5.74) is 6.80. The van der Waals surface area contributed by atoms with Crippen molar-refractivity contribution in [1.82, 2.24) is 9.88 Å². The number of carbonyl (C=O) groups is 2. The van der Waals surface area contributed by atoms with E-state index in [1.807, 2.05) is 30.3 Å². The summed E-state index contributed by atoms with van der Waals surface area (Å²) in [5.74, 6) is -0.736. The maximum absolute atomic E-state index is 12.5. The number of hydrogen-bond acceptors (Lipinski definition) is 5. The first-order valence-corrected chi connectivity index (χ1v) is 8.20. The average Bonchev–Trinajstić information content (AvgIpc) is 3.03. The van der Waals surface area contributed by atoms with Gasteiger partial charge < -0.3 is 15.4 Å². The van der Waals surface area contributed by atoms with Gasteiger partial charge in [-0.05, 0) is 5.56 Å². The summed E-state index contributed by atoms with van der Waals surface area (Å²) in [4.78, 5) is 29.7. The molecule has 0 bridgehead atoms. The molecule has 1 atom stereocenters. The summed E-state index contributed by atoms with van der Waals surface area (Å²) < 4.78 is 5.25. The molecular formula is C16H17N3O3S. The predicted molar refractivity (Wildman–Crippen MR) is 86.2 cm³/mol. The highest BCUT2D eigenvalue weighted by Gasteiger charge is 2.29. The maximum atomic E-state index is 12.5. The van der Waals surface area contributed by atoms with Crippen molar-refractivity contribution in [3.8, 4) is 0 Å². The Bertz CT molecular complexity index is 702. The van der Waals surface area contributed by atoms with Gasteiger partial charge in [-0.1, -0.05) is 30.3 Å². The van der Waals surface area contributed by atoms with Gasteiger partial charge in [0.1, 0.15) is 5.69 Å². The van der Waals surface area contributed by atoms with Gasteiger partial charge in [0.2, 0.25) is 5.91 Å². The van der Waals surface area contributed by atoms with Crippen LogP contribution in [0.5, 0.6) is 0 Å². The van der Waals surface area contributed by atoms with Gasteiger partial charge in [-0.3, -0.25) is 9.59 Å². The standard InChI is InChI=1S/C16H17N3O3S/c17-15(20)13-9-19(6-7-22-13)16(21)12-10-23-14(18-12)8-11-4-2-1-3-5-11/h1-5,10,13H,6-9H2,(H2,17,20)/t13-/m0/s1. The molecule has 0 radical (unpaired) electrons. The van der Waals surface area contributed by atoms with Crippen LogP contribution in [-0.2, 0) is 16.0 Å². The van der Waals surface area contributed by atoms with E-state index in [0.29, 0.717) is 25.3 Å². The number of rotatable bonds is 4. The highest BCUT2D eigenvalue weighted by atomic mass is 32.1. The first kappa shape index (κ1) is 15.6. The molecule has 3 rings (SSSR count). The van der Waals surface area contributed by atoms with E-state index in [1.54, 1.807) is 10.3 Å². The first-order chi connectivity index (χ1) is 11.1. The van der Waals surface area contributed by atoms with Gasteiger partial charge >= 0.3 is 0 Å². The predicted octanol–water partition coefficient (Wildman–Crippen LogP) is 1.06. The summed E-state index contributed by atoms with van der Waals surface area (Å²) in [7, 11) is 0. The van der Waals surface area contributed by atoms with Crippen molar-refractivity contribution in [2.24, 2.45) is 5.73 Å². The van der Waals surface area contributed by atoms with Gasteiger partial charge in [0, 0.05) is 18.3 Å². The van der Waals surface area contributed by atoms with Gasteiger partial charge in [-0.25, -0.2) is 4.98 Å². The monoisotopic (exact) mass is 331 g/mol. The molecule has 1 aliphatic heterocycles. The number of nitrogens with two attached hydrogens (primary N) is 1. The number of nitrogens with zero attached hydrogens (tertiary/aromatic N) is 2. The molecule has 2 amide bonds. The number of aromatic nitrogens is 1. The summed E-state index contributed by atoms with van der Waals surface area (Å²) >= 11 is 1.46. The number of amides is 2. The lowest BCUT2D eigenvalue weighted by Crippen LogP contribution is -2.50. The number of primary amides is 1. The molecule has 0 spiro atoms. The highest BCUT2D eigenvalue weighted by molar-refractivity contribution is 7.09. The fraction of sp³-hybridized carbons (Fsp3) is 0.312. The molecule has 23 heavy (non-hydrogen) atoms. The van der Waals surface area contributed by atoms with Gasteiger partial charge in [-0.2, -0.15) is 0 Å². The molecule has 0 unspecified atom stereocenters. The Kier molecular flexibility index (Phi) is 4.68. The Morgan fingerprint density at radius 1 is 1.35 bits per heavy atom. The van der Waals surface area contributed by atoms with Crippen LogP contribution in [0.25, 0.3) is 0 Å². The van der Waals surface area contributed by atoms with E-state index in [0.717, 1.165) is 10.6 Å². The van der Waals surface area contributed by atoms with Crippen molar-refractivity contribution in [2.75, 3.05) is 19.7 Å². The SMILES string of the molecule is NC(=O)[C@@H]1CN(C(=O)c2csc(Cc3ccccc3)n2)CCO1. The molecule has 2 aromatic rings. The average molecular weight is 331 g/mol. The van der Waals surface area contributed by atoms with Crippen molar-refractivity contribution in [1.29, 1.82) is 0 Å². The van der Waals surface area contributed by atoms with E-state index < -0.39 is 12.0 Å². The number of ether oxygens (including phenoxy) is 1.